The molecule has 238 valence electrons. The zero-order valence-corrected chi connectivity index (χ0v) is 25.6. The van der Waals surface area contributed by atoms with Crippen molar-refractivity contribution < 1.29 is 44.3 Å². The van der Waals surface area contributed by atoms with E-state index in [1.807, 2.05) is 0 Å². The highest BCUT2D eigenvalue weighted by atomic mass is 16.5. The quantitative estimate of drug-likeness (QED) is 0.284. The zero-order valence-electron chi connectivity index (χ0n) is 25.6. The van der Waals surface area contributed by atoms with Crippen molar-refractivity contribution in [3.8, 4) is 5.75 Å². The number of hydrogen-bond donors (Lipinski definition) is 5. The summed E-state index contributed by atoms with van der Waals surface area (Å²) in [7, 11) is 6.34. The molecule has 4 atom stereocenters. The first-order chi connectivity index (χ1) is 20.7. The minimum atomic E-state index is -2.67. The van der Waals surface area contributed by atoms with Gasteiger partial charge < -0.3 is 35.4 Å². The standard InChI is InChI=1S/C31H40N4O9/c1-16(36)21-26(39)24(33(3)4)19-13-30(15-34-8-10-35(11-9-34)29(42)44-5)12-18-17(14-32-2)6-7-20(37)22(18)25(38)23(30)28(41)31(19,43)27(21)40/h6-7,19,24,32,37,39,41,43H,8-15H2,1-5H3/t19-,24-,30-,31+/m0/s1. The molecule has 4 aliphatic rings. The van der Waals surface area contributed by atoms with Crippen LogP contribution in [0.3, 0.4) is 0 Å². The van der Waals surface area contributed by atoms with E-state index in [1.54, 1.807) is 37.0 Å². The van der Waals surface area contributed by atoms with Crippen molar-refractivity contribution in [1.29, 1.82) is 0 Å². The number of nitrogens with one attached hydrogen (secondary N) is 1. The largest absolute Gasteiger partial charge is 0.510 e. The number of hydrogen-bond acceptors (Lipinski definition) is 12. The fourth-order valence-corrected chi connectivity index (χ4v) is 7.80. The Bertz CT molecular complexity index is 1490. The first-order valence-corrected chi connectivity index (χ1v) is 14.6. The van der Waals surface area contributed by atoms with Crippen molar-refractivity contribution in [2.24, 2.45) is 11.3 Å². The third-order valence-electron chi connectivity index (χ3n) is 9.73. The number of carbonyl (C=O) groups is 4. The average molecular weight is 613 g/mol. The van der Waals surface area contributed by atoms with E-state index in [2.05, 4.69) is 10.2 Å². The van der Waals surface area contributed by atoms with Gasteiger partial charge >= 0.3 is 6.09 Å². The van der Waals surface area contributed by atoms with Crippen LogP contribution < -0.4 is 5.32 Å². The van der Waals surface area contributed by atoms with Crippen LogP contribution >= 0.6 is 0 Å². The summed E-state index contributed by atoms with van der Waals surface area (Å²) in [5.74, 6) is -5.43. The van der Waals surface area contributed by atoms with Crippen LogP contribution in [0.4, 0.5) is 4.79 Å². The molecule has 13 nitrogen and oxygen atoms in total. The van der Waals surface area contributed by atoms with E-state index in [0.29, 0.717) is 38.3 Å². The Morgan fingerprint density at radius 1 is 1.11 bits per heavy atom. The van der Waals surface area contributed by atoms with Crippen LogP contribution in [-0.2, 0) is 27.3 Å². The molecule has 1 aromatic rings. The van der Waals surface area contributed by atoms with Gasteiger partial charge in [0, 0.05) is 56.2 Å². The van der Waals surface area contributed by atoms with Gasteiger partial charge in [-0.3, -0.25) is 24.2 Å². The average Bonchev–Trinajstić information content (AvgIpc) is 2.96. The number of ether oxygens (including phenoxy) is 1. The number of nitrogens with zero attached hydrogens (tertiary/aromatic N) is 3. The number of methoxy groups -OCH3 is 1. The third kappa shape index (κ3) is 4.61. The monoisotopic (exact) mass is 612 g/mol. The lowest BCUT2D eigenvalue weighted by molar-refractivity contribution is -0.151. The summed E-state index contributed by atoms with van der Waals surface area (Å²) in [6.45, 7) is 3.29. The van der Waals surface area contributed by atoms with Gasteiger partial charge in [-0.05, 0) is 58.1 Å². The van der Waals surface area contributed by atoms with E-state index in [9.17, 15) is 39.6 Å². The number of amides is 1. The maximum atomic E-state index is 14.4. The highest BCUT2D eigenvalue weighted by Crippen LogP contribution is 2.58. The van der Waals surface area contributed by atoms with Crippen molar-refractivity contribution in [2.75, 3.05) is 61.0 Å². The first kappa shape index (κ1) is 31.6. The fourth-order valence-electron chi connectivity index (χ4n) is 7.80. The molecule has 5 N–H and O–H groups in total. The van der Waals surface area contributed by atoms with Crippen molar-refractivity contribution in [3.05, 3.63) is 51.5 Å². The number of aliphatic hydroxyl groups excluding tert-OH is 2. The second-order valence-corrected chi connectivity index (χ2v) is 12.5. The summed E-state index contributed by atoms with van der Waals surface area (Å²) in [6.07, 6.45) is -0.277. The van der Waals surface area contributed by atoms with Gasteiger partial charge in [-0.15, -0.1) is 0 Å². The molecule has 13 heteroatoms. The number of aliphatic hydroxyl groups is 3. The number of benzene rings is 1. The van der Waals surface area contributed by atoms with Gasteiger partial charge in [0.15, 0.2) is 17.2 Å². The molecule has 0 unspecified atom stereocenters. The van der Waals surface area contributed by atoms with Crippen molar-refractivity contribution in [1.82, 2.24) is 20.0 Å². The van der Waals surface area contributed by atoms with E-state index in [0.717, 1.165) is 12.5 Å². The van der Waals surface area contributed by atoms with Crippen LogP contribution in [-0.4, -0.2) is 131 Å². The summed E-state index contributed by atoms with van der Waals surface area (Å²) >= 11 is 0. The van der Waals surface area contributed by atoms with Crippen molar-refractivity contribution >= 4 is 23.4 Å². The summed E-state index contributed by atoms with van der Waals surface area (Å²) in [5.41, 5.74) is -3.30. The van der Waals surface area contributed by atoms with Crippen LogP contribution in [0.15, 0.2) is 34.8 Å². The Balaban J connectivity index is 1.72. The van der Waals surface area contributed by atoms with Crippen molar-refractivity contribution in [2.45, 2.75) is 38.0 Å². The van der Waals surface area contributed by atoms with E-state index >= 15 is 0 Å². The SMILES string of the molecule is CNCc1ccc(O)c2c1C[C@@]1(CN3CCN(C(=O)OC)CC3)C[C@H]3[C@H](N(C)C)C(O)=C(C(C)=O)C(=O)[C@@]3(O)C(O)=C1C2=O. The lowest BCUT2D eigenvalue weighted by Crippen LogP contribution is -2.66. The topological polar surface area (TPSA) is 180 Å². The van der Waals surface area contributed by atoms with Gasteiger partial charge in [0.25, 0.3) is 0 Å². The molecule has 0 aromatic heterocycles. The van der Waals surface area contributed by atoms with Crippen LogP contribution in [0.2, 0.25) is 0 Å². The van der Waals surface area contributed by atoms with Gasteiger partial charge in [-0.2, -0.15) is 0 Å². The molecule has 1 fully saturated rings. The fraction of sp³-hybridized carbons (Fsp3) is 0.548. The van der Waals surface area contributed by atoms with Crippen LogP contribution in [0.1, 0.15) is 34.8 Å². The number of piperazine rings is 1. The second-order valence-electron chi connectivity index (χ2n) is 12.5. The predicted molar refractivity (Wildman–Crippen MR) is 157 cm³/mol. The van der Waals surface area contributed by atoms with E-state index in [-0.39, 0.29) is 36.3 Å². The molecule has 3 aliphatic carbocycles. The first-order valence-electron chi connectivity index (χ1n) is 14.6. The van der Waals surface area contributed by atoms with Gasteiger partial charge in [0.1, 0.15) is 22.8 Å². The Kier molecular flexibility index (Phi) is 8.12. The summed E-state index contributed by atoms with van der Waals surface area (Å²) in [5, 5.41) is 49.4. The summed E-state index contributed by atoms with van der Waals surface area (Å²) in [4.78, 5) is 58.2. The number of ketones is 3. The Morgan fingerprint density at radius 2 is 1.77 bits per heavy atom. The number of phenols is 1. The molecule has 44 heavy (non-hydrogen) atoms. The molecule has 1 amide bonds. The predicted octanol–water partition coefficient (Wildman–Crippen LogP) is 0.698. The van der Waals surface area contributed by atoms with E-state index < -0.39 is 63.5 Å². The van der Waals surface area contributed by atoms with Crippen LogP contribution in [0.5, 0.6) is 5.75 Å². The zero-order chi connectivity index (χ0) is 32.3. The molecule has 5 rings (SSSR count). The summed E-state index contributed by atoms with van der Waals surface area (Å²) < 4.78 is 4.86. The highest BCUT2D eigenvalue weighted by molar-refractivity contribution is 6.25. The van der Waals surface area contributed by atoms with Gasteiger partial charge in [-0.25, -0.2) is 4.79 Å². The highest BCUT2D eigenvalue weighted by Gasteiger charge is 2.66. The number of carbonyl (C=O) groups excluding carboxylic acids is 4. The lowest BCUT2D eigenvalue weighted by Gasteiger charge is -2.55. The normalized spacial score (nSPS) is 29.0. The Morgan fingerprint density at radius 3 is 2.34 bits per heavy atom. The maximum Gasteiger partial charge on any atom is 0.409 e. The van der Waals surface area contributed by atoms with Gasteiger partial charge in [-0.1, -0.05) is 6.07 Å². The lowest BCUT2D eigenvalue weighted by atomic mass is 9.52. The van der Waals surface area contributed by atoms with Gasteiger partial charge in [0.2, 0.25) is 5.78 Å². The van der Waals surface area contributed by atoms with E-state index in [4.69, 9.17) is 4.74 Å². The van der Waals surface area contributed by atoms with Crippen molar-refractivity contribution in [3.63, 3.8) is 0 Å². The van der Waals surface area contributed by atoms with E-state index in [1.165, 1.54) is 13.2 Å². The smallest absolute Gasteiger partial charge is 0.409 e. The molecule has 0 bridgehead atoms. The number of fused-ring (bicyclic) bond motifs is 3. The minimum absolute atomic E-state index is 0.00918. The molecule has 1 aromatic carbocycles. The molecule has 0 spiro atoms. The van der Waals surface area contributed by atoms with Crippen LogP contribution in [0, 0.1) is 11.3 Å². The number of likely N-dealkylation sites (N-methyl/N-ethyl adjacent to an activating group) is 1. The minimum Gasteiger partial charge on any atom is -0.510 e. The molecule has 0 radical (unpaired) electrons. The molecular weight excluding hydrogens is 572 g/mol. The number of aromatic hydroxyl groups is 1. The number of phenolic OH excluding ortho intramolecular Hbond substituents is 1. The third-order valence-corrected chi connectivity index (χ3v) is 9.73. The molecule has 0 saturated carbocycles. The number of rotatable bonds is 6. The molecule has 1 heterocycles. The van der Waals surface area contributed by atoms with Gasteiger partial charge in [0.05, 0.1) is 18.7 Å². The Hall–Kier alpha value is -3.78. The molecular formula is C31H40N4O9. The molecule has 1 aliphatic heterocycles. The second kappa shape index (κ2) is 11.3. The number of Topliss-reactive ketones (excluding diaryl/α,β-unsaturated/α-hetero) is 3. The summed E-state index contributed by atoms with van der Waals surface area (Å²) in [6, 6.07) is 2.10. The molecule has 1 saturated heterocycles. The maximum absolute atomic E-state index is 14.4. The van der Waals surface area contributed by atoms with Crippen LogP contribution in [0.25, 0.3) is 0 Å². The Labute approximate surface area is 255 Å².